The maximum absolute atomic E-state index is 13.1. The molecular weight excluding hydrogens is 462 g/mol. The quantitative estimate of drug-likeness (QED) is 0.562. The number of carbonyl (C=O) groups excluding carboxylic acids is 1. The summed E-state index contributed by atoms with van der Waals surface area (Å²) in [5.74, 6) is -0.146. The average Bonchev–Trinajstić information content (AvgIpc) is 3.42. The number of nitrogens with zero attached hydrogens (tertiary/aromatic N) is 2. The summed E-state index contributed by atoms with van der Waals surface area (Å²) in [6, 6.07) is 9.60. The summed E-state index contributed by atoms with van der Waals surface area (Å²) in [5.41, 5.74) is 3.50. The third kappa shape index (κ3) is 4.40. The van der Waals surface area contributed by atoms with E-state index < -0.39 is 10.0 Å². The molecule has 3 heterocycles. The Labute approximate surface area is 197 Å². The SMILES string of the molecule is Cc1cc(S(=O)(=O)N(C)C)cc(NC(=O)CN2CCc3sccc3C2c2cccs2)c1C. The van der Waals surface area contributed by atoms with Crippen molar-refractivity contribution in [3.63, 3.8) is 0 Å². The molecule has 0 bridgehead atoms. The first-order valence-electron chi connectivity index (χ1n) is 10.4. The lowest BCUT2D eigenvalue weighted by Crippen LogP contribution is -2.40. The zero-order valence-corrected chi connectivity index (χ0v) is 21.0. The molecule has 0 radical (unpaired) electrons. The van der Waals surface area contributed by atoms with Crippen molar-refractivity contribution in [3.8, 4) is 0 Å². The number of amides is 1. The van der Waals surface area contributed by atoms with Crippen molar-refractivity contribution in [2.24, 2.45) is 0 Å². The van der Waals surface area contributed by atoms with Crippen LogP contribution < -0.4 is 5.32 Å². The van der Waals surface area contributed by atoms with Gasteiger partial charge < -0.3 is 5.32 Å². The van der Waals surface area contributed by atoms with Crippen LogP contribution in [0.3, 0.4) is 0 Å². The van der Waals surface area contributed by atoms with Crippen LogP contribution in [0.5, 0.6) is 0 Å². The van der Waals surface area contributed by atoms with E-state index in [1.807, 2.05) is 19.9 Å². The monoisotopic (exact) mass is 489 g/mol. The van der Waals surface area contributed by atoms with Crippen LogP contribution in [0.25, 0.3) is 0 Å². The third-order valence-electron chi connectivity index (χ3n) is 5.92. The van der Waals surface area contributed by atoms with Gasteiger partial charge in [0.25, 0.3) is 0 Å². The lowest BCUT2D eigenvalue weighted by atomic mass is 9.98. The fourth-order valence-electron chi connectivity index (χ4n) is 4.01. The van der Waals surface area contributed by atoms with E-state index in [2.05, 4.69) is 33.1 Å². The predicted octanol–water partition coefficient (Wildman–Crippen LogP) is 4.26. The van der Waals surface area contributed by atoms with Crippen LogP contribution >= 0.6 is 22.7 Å². The highest BCUT2D eigenvalue weighted by atomic mass is 32.2. The van der Waals surface area contributed by atoms with Gasteiger partial charge in [0.2, 0.25) is 15.9 Å². The summed E-state index contributed by atoms with van der Waals surface area (Å²) < 4.78 is 26.4. The van der Waals surface area contributed by atoms with Gasteiger partial charge in [0.1, 0.15) is 0 Å². The first-order chi connectivity index (χ1) is 15.2. The number of thiophene rings is 2. The largest absolute Gasteiger partial charge is 0.325 e. The summed E-state index contributed by atoms with van der Waals surface area (Å²) in [5, 5.41) is 7.17. The molecule has 1 aliphatic heterocycles. The number of hydrogen-bond acceptors (Lipinski definition) is 6. The molecule has 0 fully saturated rings. The van der Waals surface area contributed by atoms with E-state index >= 15 is 0 Å². The normalized spacial score (nSPS) is 16.8. The Morgan fingerprint density at radius 2 is 1.97 bits per heavy atom. The number of benzene rings is 1. The van der Waals surface area contributed by atoms with Crippen molar-refractivity contribution in [1.29, 1.82) is 0 Å². The number of aryl methyl sites for hydroxylation is 1. The second-order valence-corrected chi connectivity index (χ2v) is 12.3. The zero-order chi connectivity index (χ0) is 23.0. The molecule has 0 spiro atoms. The number of rotatable bonds is 6. The summed E-state index contributed by atoms with van der Waals surface area (Å²) in [4.78, 5) is 18.1. The Hall–Kier alpha value is -2.04. The molecule has 0 aliphatic carbocycles. The molecule has 1 amide bonds. The van der Waals surface area contributed by atoms with Gasteiger partial charge in [0.05, 0.1) is 17.5 Å². The maximum Gasteiger partial charge on any atom is 0.242 e. The van der Waals surface area contributed by atoms with Crippen molar-refractivity contribution in [2.45, 2.75) is 31.2 Å². The zero-order valence-electron chi connectivity index (χ0n) is 18.6. The number of anilines is 1. The molecule has 32 heavy (non-hydrogen) atoms. The molecule has 0 saturated carbocycles. The van der Waals surface area contributed by atoms with Crippen LogP contribution in [-0.4, -0.2) is 50.7 Å². The smallest absolute Gasteiger partial charge is 0.242 e. The first-order valence-corrected chi connectivity index (χ1v) is 13.6. The van der Waals surface area contributed by atoms with Crippen molar-refractivity contribution in [1.82, 2.24) is 9.21 Å². The highest BCUT2D eigenvalue weighted by Crippen LogP contribution is 2.39. The van der Waals surface area contributed by atoms with Gasteiger partial charge in [-0.3, -0.25) is 9.69 Å². The van der Waals surface area contributed by atoms with Crippen LogP contribution in [0.4, 0.5) is 5.69 Å². The molecule has 1 aromatic carbocycles. The van der Waals surface area contributed by atoms with E-state index in [-0.39, 0.29) is 23.4 Å². The number of hydrogen-bond donors (Lipinski definition) is 1. The maximum atomic E-state index is 13.1. The average molecular weight is 490 g/mol. The molecule has 3 aromatic rings. The van der Waals surface area contributed by atoms with Crippen molar-refractivity contribution < 1.29 is 13.2 Å². The fraction of sp³-hybridized carbons (Fsp3) is 0.348. The topological polar surface area (TPSA) is 69.7 Å². The molecule has 1 aliphatic rings. The summed E-state index contributed by atoms with van der Waals surface area (Å²) in [6.07, 6.45) is 0.927. The van der Waals surface area contributed by atoms with Gasteiger partial charge in [-0.25, -0.2) is 12.7 Å². The third-order valence-corrected chi connectivity index (χ3v) is 9.63. The Morgan fingerprint density at radius 3 is 2.66 bits per heavy atom. The molecule has 1 atom stereocenters. The van der Waals surface area contributed by atoms with Crippen molar-refractivity contribution >= 4 is 44.3 Å². The van der Waals surface area contributed by atoms with E-state index in [4.69, 9.17) is 0 Å². The Bertz CT molecular complexity index is 1230. The highest BCUT2D eigenvalue weighted by Gasteiger charge is 2.31. The first kappa shape index (κ1) is 23.1. The molecule has 9 heteroatoms. The number of sulfonamides is 1. The molecule has 6 nitrogen and oxygen atoms in total. The summed E-state index contributed by atoms with van der Waals surface area (Å²) >= 11 is 3.48. The number of nitrogens with one attached hydrogen (secondary N) is 1. The lowest BCUT2D eigenvalue weighted by Gasteiger charge is -2.35. The molecule has 0 saturated heterocycles. The van der Waals surface area contributed by atoms with E-state index in [1.54, 1.807) is 34.8 Å². The fourth-order valence-corrected chi connectivity index (χ4v) is 6.80. The lowest BCUT2D eigenvalue weighted by molar-refractivity contribution is -0.117. The second kappa shape index (κ2) is 9.07. The van der Waals surface area contributed by atoms with Crippen LogP contribution in [0.2, 0.25) is 0 Å². The molecule has 2 aromatic heterocycles. The Balaban J connectivity index is 1.58. The van der Waals surface area contributed by atoms with Crippen LogP contribution in [0.1, 0.15) is 32.5 Å². The number of carbonyl (C=O) groups is 1. The minimum absolute atomic E-state index is 0.0686. The van der Waals surface area contributed by atoms with Gasteiger partial charge in [-0.15, -0.1) is 22.7 Å². The van der Waals surface area contributed by atoms with Crippen molar-refractivity contribution in [3.05, 3.63) is 67.5 Å². The van der Waals surface area contributed by atoms with Gasteiger partial charge in [0.15, 0.2) is 0 Å². The second-order valence-electron chi connectivity index (χ2n) is 8.19. The van der Waals surface area contributed by atoms with Crippen LogP contribution in [0.15, 0.2) is 46.0 Å². The molecular formula is C23H27N3O3S3. The molecule has 1 N–H and O–H groups in total. The Kier molecular flexibility index (Phi) is 6.56. The number of fused-ring (bicyclic) bond motifs is 1. The van der Waals surface area contributed by atoms with Gasteiger partial charge in [0, 0.05) is 36.1 Å². The van der Waals surface area contributed by atoms with Gasteiger partial charge >= 0.3 is 0 Å². The van der Waals surface area contributed by atoms with Crippen molar-refractivity contribution in [2.75, 3.05) is 32.5 Å². The van der Waals surface area contributed by atoms with Gasteiger partial charge in [-0.05, 0) is 72.0 Å². The van der Waals surface area contributed by atoms with Gasteiger partial charge in [-0.2, -0.15) is 0 Å². The molecule has 4 rings (SSSR count). The molecule has 170 valence electrons. The minimum atomic E-state index is -3.59. The van der Waals surface area contributed by atoms with E-state index in [0.29, 0.717) is 5.69 Å². The minimum Gasteiger partial charge on any atom is -0.325 e. The highest BCUT2D eigenvalue weighted by molar-refractivity contribution is 7.89. The van der Waals surface area contributed by atoms with E-state index in [9.17, 15) is 13.2 Å². The predicted molar refractivity (Wildman–Crippen MR) is 131 cm³/mol. The van der Waals surface area contributed by atoms with Crippen LogP contribution in [-0.2, 0) is 21.2 Å². The van der Waals surface area contributed by atoms with Gasteiger partial charge in [-0.1, -0.05) is 6.07 Å². The van der Waals surface area contributed by atoms with E-state index in [1.165, 1.54) is 33.7 Å². The standard InChI is InChI=1S/C23H27N3O3S3/c1-15-12-17(32(28,29)25(3)4)13-19(16(15)2)24-22(27)14-26-9-7-20-18(8-11-31-20)23(26)21-6-5-10-30-21/h5-6,8,10-13,23H,7,9,14H2,1-4H3,(H,24,27). The molecule has 1 unspecified atom stereocenters. The summed E-state index contributed by atoms with van der Waals surface area (Å²) in [7, 11) is -0.588. The van der Waals surface area contributed by atoms with E-state index in [0.717, 1.165) is 24.1 Å². The van der Waals surface area contributed by atoms with Crippen LogP contribution in [0, 0.1) is 13.8 Å². The Morgan fingerprint density at radius 1 is 1.19 bits per heavy atom. The summed E-state index contributed by atoms with van der Waals surface area (Å²) in [6.45, 7) is 4.79.